The molecule has 8 rings (SSSR count). The molecule has 0 unspecified atom stereocenters. The van der Waals surface area contributed by atoms with Crippen molar-refractivity contribution in [2.75, 3.05) is 47.8 Å². The molecule has 2 saturated carbocycles. The van der Waals surface area contributed by atoms with E-state index in [1.54, 1.807) is 7.11 Å². The maximum absolute atomic E-state index is 7.00. The predicted octanol–water partition coefficient (Wildman–Crippen LogP) is 22.0. The summed E-state index contributed by atoms with van der Waals surface area (Å²) in [5.74, 6) is 2.03. The Kier molecular flexibility index (Phi) is 77.7. The Hall–Kier alpha value is -3.94. The van der Waals surface area contributed by atoms with E-state index in [4.69, 9.17) is 19.7 Å². The van der Waals surface area contributed by atoms with E-state index in [9.17, 15) is 0 Å². The quantitative estimate of drug-likeness (QED) is 0.151. The van der Waals surface area contributed by atoms with E-state index in [1.165, 1.54) is 129 Å². The van der Waals surface area contributed by atoms with Gasteiger partial charge in [0.1, 0.15) is 5.75 Å². The molecule has 6 aromatic rings. The first kappa shape index (κ1) is 89.3. The number of benzene rings is 6. The fourth-order valence-electron chi connectivity index (χ4n) is 7.91. The molecule has 0 amide bonds. The minimum atomic E-state index is 0. The second-order valence-electron chi connectivity index (χ2n) is 19.7. The minimum Gasteiger partial charge on any atom is -0.494 e. The van der Waals surface area contributed by atoms with E-state index < -0.39 is 0 Å². The van der Waals surface area contributed by atoms with Gasteiger partial charge in [-0.25, -0.2) is 0 Å². The van der Waals surface area contributed by atoms with Gasteiger partial charge in [0.25, 0.3) is 0 Å². The summed E-state index contributed by atoms with van der Waals surface area (Å²) in [5.41, 5.74) is 10.0. The Morgan fingerprint density at radius 1 is 0.390 bits per heavy atom. The molecule has 82 heavy (non-hydrogen) atoms. The second kappa shape index (κ2) is 71.3. The number of methoxy groups -OCH3 is 1. The first-order chi connectivity index (χ1) is 39.4. The van der Waals surface area contributed by atoms with E-state index in [2.05, 4.69) is 185 Å². The van der Waals surface area contributed by atoms with Gasteiger partial charge in [0.05, 0.1) is 6.61 Å². The van der Waals surface area contributed by atoms with Crippen LogP contribution >= 0.6 is 0 Å². The number of aliphatic hydroxyl groups excluding tert-OH is 2. The molecule has 2 aliphatic carbocycles. The molecule has 0 spiro atoms. The average Bonchev–Trinajstić information content (AvgIpc) is 3.62. The number of hydrogen-bond acceptors (Lipinski definition) is 5. The number of aryl methyl sites for hydroxylation is 5. The van der Waals surface area contributed by atoms with Crippen molar-refractivity contribution in [2.45, 2.75) is 213 Å². The van der Waals surface area contributed by atoms with Gasteiger partial charge in [0.15, 0.2) is 0 Å². The van der Waals surface area contributed by atoms with Gasteiger partial charge >= 0.3 is 0 Å². The van der Waals surface area contributed by atoms with Crippen LogP contribution in [0.15, 0.2) is 170 Å². The van der Waals surface area contributed by atoms with Gasteiger partial charge in [-0.1, -0.05) is 312 Å². The zero-order valence-corrected chi connectivity index (χ0v) is 59.2. The van der Waals surface area contributed by atoms with Crippen molar-refractivity contribution in [1.82, 2.24) is 0 Å². The van der Waals surface area contributed by atoms with Crippen LogP contribution < -0.4 is 4.74 Å². The Morgan fingerprint density at radius 3 is 0.927 bits per heavy atom. The molecule has 0 aliphatic heterocycles. The van der Waals surface area contributed by atoms with Gasteiger partial charge in [-0.15, -0.1) is 0 Å². The van der Waals surface area contributed by atoms with Crippen molar-refractivity contribution in [2.24, 2.45) is 5.92 Å². The SMILES string of the molecule is CCC.CCC.CCC.CCC1CCCCC1.CCOC.CCOCC.CCOc1ccccc1.CCc1ccccc1.CO.CO.Cc1ccc(C2(c3ccc(C)cc3)CCCCC2)cc1.Cc1ccccc1.Cc1ccccc1.[Y]. The Labute approximate surface area is 534 Å². The van der Waals surface area contributed by atoms with Crippen molar-refractivity contribution in [3.63, 3.8) is 0 Å². The van der Waals surface area contributed by atoms with Crippen molar-refractivity contribution < 1.29 is 57.1 Å². The van der Waals surface area contributed by atoms with Crippen LogP contribution in [0.2, 0.25) is 0 Å². The van der Waals surface area contributed by atoms with Gasteiger partial charge in [-0.2, -0.15) is 0 Å². The summed E-state index contributed by atoms with van der Waals surface area (Å²) in [4.78, 5) is 0. The van der Waals surface area contributed by atoms with Crippen LogP contribution in [0.3, 0.4) is 0 Å². The third-order valence-corrected chi connectivity index (χ3v) is 12.1. The number of para-hydroxylation sites is 1. The summed E-state index contributed by atoms with van der Waals surface area (Å²) < 4.78 is 14.6. The summed E-state index contributed by atoms with van der Waals surface area (Å²) in [6, 6.07) is 59.2. The van der Waals surface area contributed by atoms with E-state index in [1.807, 2.05) is 100 Å². The van der Waals surface area contributed by atoms with E-state index >= 15 is 0 Å². The van der Waals surface area contributed by atoms with Crippen LogP contribution in [0.4, 0.5) is 0 Å². The minimum absolute atomic E-state index is 0. The molecule has 6 heteroatoms. The third-order valence-electron chi connectivity index (χ3n) is 12.1. The van der Waals surface area contributed by atoms with Crippen molar-refractivity contribution in [3.05, 3.63) is 209 Å². The number of ether oxygens (including phenoxy) is 3. The van der Waals surface area contributed by atoms with Crippen molar-refractivity contribution >= 4 is 0 Å². The van der Waals surface area contributed by atoms with Gasteiger partial charge in [0, 0.05) is 79.3 Å². The van der Waals surface area contributed by atoms with E-state index in [0.29, 0.717) is 0 Å². The molecular formula is C76H126O5Y. The molecule has 0 atom stereocenters. The van der Waals surface area contributed by atoms with Crippen LogP contribution in [-0.2, 0) is 54.0 Å². The Morgan fingerprint density at radius 2 is 0.695 bits per heavy atom. The van der Waals surface area contributed by atoms with Crippen molar-refractivity contribution in [1.29, 1.82) is 0 Å². The number of aliphatic hydroxyl groups is 2. The first-order valence-electron chi connectivity index (χ1n) is 31.2. The molecule has 0 saturated heterocycles. The van der Waals surface area contributed by atoms with Crippen LogP contribution in [0.5, 0.6) is 5.75 Å². The molecule has 2 aliphatic rings. The monoisotopic (exact) mass is 1210 g/mol. The van der Waals surface area contributed by atoms with Crippen LogP contribution in [-0.4, -0.2) is 58.0 Å². The number of rotatable bonds is 9. The molecule has 463 valence electrons. The summed E-state index contributed by atoms with van der Waals surface area (Å²) in [7, 11) is 3.68. The summed E-state index contributed by atoms with van der Waals surface area (Å²) in [5, 5.41) is 14.0. The normalized spacial score (nSPS) is 11.7. The molecule has 2 N–H and O–H groups in total. The van der Waals surface area contributed by atoms with Gasteiger partial charge in [-0.05, 0) is 109 Å². The van der Waals surface area contributed by atoms with Crippen molar-refractivity contribution in [3.8, 4) is 5.75 Å². The molecule has 0 bridgehead atoms. The topological polar surface area (TPSA) is 68.2 Å². The molecule has 0 aromatic heterocycles. The average molecular weight is 1210 g/mol. The zero-order valence-electron chi connectivity index (χ0n) is 56.4. The smallest absolute Gasteiger partial charge is 0.119 e. The van der Waals surface area contributed by atoms with Gasteiger partial charge in [-0.3, -0.25) is 0 Å². The predicted molar refractivity (Wildman–Crippen MR) is 363 cm³/mol. The Balaban J connectivity index is -0.000000204. The summed E-state index contributed by atoms with van der Waals surface area (Å²) >= 11 is 0. The van der Waals surface area contributed by atoms with Crippen LogP contribution in [0.1, 0.15) is 212 Å². The fourth-order valence-corrected chi connectivity index (χ4v) is 7.91. The maximum Gasteiger partial charge on any atom is 0.119 e. The molecular weight excluding hydrogens is 1080 g/mol. The standard InChI is InChI=1S/C20H24.C8H10O.C8H16.C8H10.2C7H8.C4H10O.C3H8O.3C3H8.2CH4O.Y/c1-16-6-10-18(11-7-16)20(14-4-3-5-15-20)19-12-8-17(2)9-13-19;1-2-9-8-6-4-3-5-7-8;2*1-2-8-6-4-3-5-7-8;2*1-7-5-3-2-4-6-7;1-3-5-4-2;1-3-4-2;3*1-3-2;2*1-2;/h6-13H,3-5,14-15H2,1-2H3;3-7H,2H2,1H3;8H,2-7H2,1H3;3-7H,2H2,1H3;2*2-6H,1H3;3-4H2,1-2H3;3H2,1-2H3;3*3H2,1-2H3;2*2H,1H3;. The molecule has 0 heterocycles. The zero-order chi connectivity index (χ0) is 62.1. The second-order valence-corrected chi connectivity index (χ2v) is 19.7. The van der Waals surface area contributed by atoms with Crippen LogP contribution in [0.25, 0.3) is 0 Å². The molecule has 5 nitrogen and oxygen atoms in total. The first-order valence-corrected chi connectivity index (χ1v) is 31.2. The van der Waals surface area contributed by atoms with Crippen LogP contribution in [0, 0.1) is 33.6 Å². The third kappa shape index (κ3) is 55.3. The maximum atomic E-state index is 7.00. The number of hydrogen-bond donors (Lipinski definition) is 2. The molecule has 1 radical (unpaired) electrons. The summed E-state index contributed by atoms with van der Waals surface area (Å²) in [6.45, 7) is 36.9. The molecule has 2 fully saturated rings. The largest absolute Gasteiger partial charge is 0.494 e. The summed E-state index contributed by atoms with van der Waals surface area (Å²) in [6.07, 6.45) is 20.5. The molecule has 6 aromatic carbocycles. The Bertz CT molecular complexity index is 1910. The fraction of sp³-hybridized carbons (Fsp3) is 0.526. The van der Waals surface area contributed by atoms with Gasteiger partial charge in [0.2, 0.25) is 0 Å². The van der Waals surface area contributed by atoms with E-state index in [0.717, 1.165) is 58.7 Å². The van der Waals surface area contributed by atoms with Gasteiger partial charge < -0.3 is 24.4 Å². The van der Waals surface area contributed by atoms with E-state index in [-0.39, 0.29) is 38.1 Å².